The molecule has 0 amide bonds. The van der Waals surface area contributed by atoms with Gasteiger partial charge in [-0.25, -0.2) is 9.97 Å². The Hall–Kier alpha value is -4.82. The first-order valence-corrected chi connectivity index (χ1v) is 17.1. The number of ether oxygens (including phenoxy) is 1. The lowest BCUT2D eigenvalue weighted by Crippen LogP contribution is -2.59. The van der Waals surface area contributed by atoms with Gasteiger partial charge in [0.15, 0.2) is 0 Å². The molecule has 0 aromatic carbocycles. The van der Waals surface area contributed by atoms with E-state index in [2.05, 4.69) is 32.0 Å². The number of hydrogen-bond acceptors (Lipinski definition) is 10. The van der Waals surface area contributed by atoms with Crippen LogP contribution in [0, 0.1) is 5.41 Å². The van der Waals surface area contributed by atoms with E-state index in [1.807, 2.05) is 38.2 Å². The fraction of sp³-hybridized carbons (Fsp3) is 0.405. The molecule has 5 aromatic rings. The van der Waals surface area contributed by atoms with Crippen molar-refractivity contribution in [1.82, 2.24) is 28.4 Å². The predicted molar refractivity (Wildman–Crippen MR) is 190 cm³/mol. The summed E-state index contributed by atoms with van der Waals surface area (Å²) in [6.45, 7) is 10.4. The summed E-state index contributed by atoms with van der Waals surface area (Å²) in [5.74, 6) is 0.822. The Morgan fingerprint density at radius 2 is 1.88 bits per heavy atom. The minimum atomic E-state index is -0.692. The van der Waals surface area contributed by atoms with Crippen molar-refractivity contribution in [2.24, 2.45) is 12.5 Å². The number of rotatable bonds is 7. The minimum absolute atomic E-state index is 0.238. The van der Waals surface area contributed by atoms with Gasteiger partial charge in [0.05, 0.1) is 49.5 Å². The number of aliphatic hydroxyl groups is 2. The summed E-state index contributed by atoms with van der Waals surface area (Å²) in [4.78, 5) is 41.2. The van der Waals surface area contributed by atoms with Gasteiger partial charge in [0.2, 0.25) is 0 Å². The molecule has 0 radical (unpaired) electrons. The summed E-state index contributed by atoms with van der Waals surface area (Å²) in [7, 11) is 1.67. The van der Waals surface area contributed by atoms with Crippen molar-refractivity contribution in [1.29, 1.82) is 0 Å². The lowest BCUT2D eigenvalue weighted by molar-refractivity contribution is -0.0691. The van der Waals surface area contributed by atoms with Crippen LogP contribution in [0.15, 0.2) is 70.9 Å². The number of nitrogens with one attached hydrogen (secondary N) is 1. The third-order valence-electron chi connectivity index (χ3n) is 10.7. The molecule has 260 valence electrons. The van der Waals surface area contributed by atoms with Gasteiger partial charge in [-0.3, -0.25) is 19.1 Å². The number of aryl methyl sites for hydroxylation is 1. The monoisotopic (exact) mass is 678 g/mol. The molecule has 5 aromatic heterocycles. The molecule has 13 nitrogen and oxygen atoms in total. The summed E-state index contributed by atoms with van der Waals surface area (Å²) < 4.78 is 10.0. The number of piperazine rings is 1. The molecule has 2 aliphatic heterocycles. The summed E-state index contributed by atoms with van der Waals surface area (Å²) in [6, 6.07) is 10.1. The van der Waals surface area contributed by atoms with E-state index >= 15 is 0 Å². The SMILES string of the molecule is C[C@H]1CN(C2COC2)CCN1c1ccc(Nc2cc(-c3ccnc(-n4ccn5c6c(cc5c4=O)CC(C)(C)[C@@H]6O)c3CO)cn(C)c2=O)nc1. The molecule has 2 atom stereocenters. The molecule has 13 heteroatoms. The molecular formula is C37H42N8O5. The van der Waals surface area contributed by atoms with E-state index in [9.17, 15) is 19.8 Å². The van der Waals surface area contributed by atoms with Gasteiger partial charge in [-0.15, -0.1) is 0 Å². The molecule has 2 saturated heterocycles. The molecule has 0 saturated carbocycles. The van der Waals surface area contributed by atoms with Crippen LogP contribution in [-0.4, -0.2) is 83.5 Å². The molecular weight excluding hydrogens is 636 g/mol. The zero-order valence-corrected chi connectivity index (χ0v) is 28.7. The highest BCUT2D eigenvalue weighted by molar-refractivity contribution is 5.73. The number of fused-ring (bicyclic) bond motifs is 3. The molecule has 0 spiro atoms. The van der Waals surface area contributed by atoms with Crippen molar-refractivity contribution in [3.8, 4) is 16.9 Å². The van der Waals surface area contributed by atoms with Crippen molar-refractivity contribution in [2.75, 3.05) is 43.1 Å². The average Bonchev–Trinajstić information content (AvgIpc) is 3.54. The van der Waals surface area contributed by atoms with Crippen LogP contribution in [0.5, 0.6) is 0 Å². The van der Waals surface area contributed by atoms with Crippen LogP contribution < -0.4 is 21.3 Å². The second-order valence-electron chi connectivity index (χ2n) is 14.5. The average molecular weight is 679 g/mol. The van der Waals surface area contributed by atoms with E-state index < -0.39 is 12.7 Å². The number of nitrogens with zero attached hydrogens (tertiary/aromatic N) is 7. The molecule has 3 aliphatic rings. The molecule has 2 fully saturated rings. The van der Waals surface area contributed by atoms with Crippen LogP contribution in [-0.2, 0) is 24.8 Å². The van der Waals surface area contributed by atoms with Gasteiger partial charge in [0, 0.05) is 74.1 Å². The lowest BCUT2D eigenvalue weighted by atomic mass is 9.88. The largest absolute Gasteiger partial charge is 0.392 e. The number of aliphatic hydroxyl groups excluding tert-OH is 2. The van der Waals surface area contributed by atoms with E-state index in [0.29, 0.717) is 52.2 Å². The van der Waals surface area contributed by atoms with Crippen LogP contribution in [0.2, 0.25) is 0 Å². The van der Waals surface area contributed by atoms with Gasteiger partial charge in [-0.05, 0) is 54.8 Å². The van der Waals surface area contributed by atoms with Crippen molar-refractivity contribution in [3.05, 3.63) is 98.8 Å². The minimum Gasteiger partial charge on any atom is -0.392 e. The third kappa shape index (κ3) is 5.32. The van der Waals surface area contributed by atoms with Crippen LogP contribution in [0.4, 0.5) is 17.2 Å². The zero-order chi connectivity index (χ0) is 34.9. The molecule has 7 heterocycles. The summed E-state index contributed by atoms with van der Waals surface area (Å²) in [5, 5.41) is 24.8. The van der Waals surface area contributed by atoms with Gasteiger partial charge >= 0.3 is 0 Å². The number of hydrogen-bond donors (Lipinski definition) is 3. The van der Waals surface area contributed by atoms with Gasteiger partial charge in [0.1, 0.15) is 22.8 Å². The maximum Gasteiger partial charge on any atom is 0.280 e. The highest BCUT2D eigenvalue weighted by atomic mass is 16.5. The smallest absolute Gasteiger partial charge is 0.280 e. The fourth-order valence-corrected chi connectivity index (χ4v) is 7.78. The molecule has 3 N–H and O–H groups in total. The molecule has 1 aliphatic carbocycles. The van der Waals surface area contributed by atoms with E-state index in [4.69, 9.17) is 4.74 Å². The highest BCUT2D eigenvalue weighted by Crippen LogP contribution is 2.46. The lowest BCUT2D eigenvalue weighted by Gasteiger charge is -2.46. The van der Waals surface area contributed by atoms with Crippen molar-refractivity contribution in [2.45, 2.75) is 52.0 Å². The van der Waals surface area contributed by atoms with Crippen molar-refractivity contribution in [3.63, 3.8) is 0 Å². The third-order valence-corrected chi connectivity index (χ3v) is 10.7. The van der Waals surface area contributed by atoms with Crippen LogP contribution in [0.3, 0.4) is 0 Å². The van der Waals surface area contributed by atoms with Crippen LogP contribution in [0.1, 0.15) is 43.7 Å². The Balaban J connectivity index is 1.08. The number of anilines is 3. The molecule has 50 heavy (non-hydrogen) atoms. The zero-order valence-electron chi connectivity index (χ0n) is 28.7. The topological polar surface area (TPSA) is 142 Å². The normalized spacial score (nSPS) is 20.6. The standard InChI is InChI=1S/C37H42N8O5/c1-22-17-42(26-20-50-21-26)9-10-43(22)25-5-6-31(39-16-25)40-29-13-24(18-41(4)35(29)48)27-7-8-38-34(28(27)19-46)45-12-11-44-30(36(45)49)14-23-15-37(2,3)33(47)32(23)44/h5-8,11-14,16,18,22,26,33,46-47H,9-10,15,17,19-21H2,1-4H3,(H,39,40)/t22-,33+/m0/s1. The second kappa shape index (κ2) is 12.2. The quantitative estimate of drug-likeness (QED) is 0.235. The molecule has 0 unspecified atom stereocenters. The molecule has 0 bridgehead atoms. The maximum atomic E-state index is 13.8. The van der Waals surface area contributed by atoms with E-state index in [0.717, 1.165) is 49.8 Å². The second-order valence-corrected chi connectivity index (χ2v) is 14.5. The highest BCUT2D eigenvalue weighted by Gasteiger charge is 2.40. The Morgan fingerprint density at radius 3 is 2.58 bits per heavy atom. The van der Waals surface area contributed by atoms with Gasteiger partial charge < -0.3 is 34.1 Å². The summed E-state index contributed by atoms with van der Waals surface area (Å²) in [6.07, 6.45) is 8.47. The van der Waals surface area contributed by atoms with Crippen LogP contribution >= 0.6 is 0 Å². The Bertz CT molecular complexity index is 2220. The Labute approximate surface area is 289 Å². The first-order chi connectivity index (χ1) is 24.0. The van der Waals surface area contributed by atoms with Gasteiger partial charge in [-0.2, -0.15) is 0 Å². The Morgan fingerprint density at radius 1 is 1.06 bits per heavy atom. The first kappa shape index (κ1) is 32.4. The number of pyridine rings is 3. The van der Waals surface area contributed by atoms with Crippen LogP contribution in [0.25, 0.3) is 22.5 Å². The van der Waals surface area contributed by atoms with E-state index in [-0.39, 0.29) is 22.4 Å². The van der Waals surface area contributed by atoms with Gasteiger partial charge in [0.25, 0.3) is 11.1 Å². The predicted octanol–water partition coefficient (Wildman–Crippen LogP) is 3.01. The maximum absolute atomic E-state index is 13.8. The number of aromatic nitrogens is 5. The van der Waals surface area contributed by atoms with E-state index in [1.54, 1.807) is 48.4 Å². The first-order valence-electron chi connectivity index (χ1n) is 17.1. The van der Waals surface area contributed by atoms with Crippen molar-refractivity contribution < 1.29 is 14.9 Å². The molecule has 8 rings (SSSR count). The van der Waals surface area contributed by atoms with Crippen molar-refractivity contribution >= 4 is 22.7 Å². The fourth-order valence-electron chi connectivity index (χ4n) is 7.78. The van der Waals surface area contributed by atoms with E-state index in [1.165, 1.54) is 9.13 Å². The van der Waals surface area contributed by atoms with Gasteiger partial charge in [-0.1, -0.05) is 13.8 Å². The Kier molecular flexibility index (Phi) is 7.90. The summed E-state index contributed by atoms with van der Waals surface area (Å²) >= 11 is 0. The summed E-state index contributed by atoms with van der Waals surface area (Å²) in [5.41, 5.74) is 4.31.